The summed E-state index contributed by atoms with van der Waals surface area (Å²) in [4.78, 5) is 9.61. The molecular formula is C22H34N4O3S. The lowest BCUT2D eigenvalue weighted by Crippen LogP contribution is -2.60. The zero-order chi connectivity index (χ0) is 21.0. The van der Waals surface area contributed by atoms with Gasteiger partial charge in [-0.2, -0.15) is 11.8 Å². The first-order valence-corrected chi connectivity index (χ1v) is 11.9. The van der Waals surface area contributed by atoms with E-state index in [0.29, 0.717) is 0 Å². The molecule has 0 saturated carbocycles. The second-order valence-corrected chi connectivity index (χ2v) is 9.28. The fourth-order valence-electron chi connectivity index (χ4n) is 4.77. The molecule has 3 aliphatic heterocycles. The molecule has 3 heterocycles. The van der Waals surface area contributed by atoms with E-state index in [1.807, 2.05) is 7.05 Å². The number of aliphatic imine (C=N–C) groups is 1. The van der Waals surface area contributed by atoms with Crippen LogP contribution in [0.2, 0.25) is 0 Å². The molecule has 0 aromatic heterocycles. The molecule has 0 bridgehead atoms. The van der Waals surface area contributed by atoms with Crippen LogP contribution in [0.25, 0.3) is 0 Å². The topological polar surface area (TPSA) is 58.6 Å². The summed E-state index contributed by atoms with van der Waals surface area (Å²) in [6, 6.07) is 4.22. The molecule has 1 aromatic rings. The maximum atomic E-state index is 5.59. The van der Waals surface area contributed by atoms with Crippen molar-refractivity contribution in [2.45, 2.75) is 24.9 Å². The summed E-state index contributed by atoms with van der Waals surface area (Å²) >= 11 is 2.07. The summed E-state index contributed by atoms with van der Waals surface area (Å²) < 4.78 is 16.6. The molecule has 7 nitrogen and oxygen atoms in total. The zero-order valence-corrected chi connectivity index (χ0v) is 19.2. The fourth-order valence-corrected chi connectivity index (χ4v) is 6.25. The van der Waals surface area contributed by atoms with E-state index in [9.17, 15) is 0 Å². The first-order chi connectivity index (χ1) is 14.7. The Hall–Kier alpha value is -1.64. The molecule has 2 fully saturated rings. The maximum absolute atomic E-state index is 5.59. The molecule has 1 atom stereocenters. The number of nitrogens with one attached hydrogen (secondary N) is 1. The van der Waals surface area contributed by atoms with Crippen LogP contribution in [0.15, 0.2) is 17.1 Å². The summed E-state index contributed by atoms with van der Waals surface area (Å²) in [7, 11) is 5.27. The van der Waals surface area contributed by atoms with Gasteiger partial charge in [-0.25, -0.2) is 0 Å². The SMILES string of the molecule is CN=C(NCC1(N2CCOCC2)CCSC1)N1CCc2cc(OC)c(OC)cc2C1. The molecule has 0 radical (unpaired) electrons. The van der Waals surface area contributed by atoms with E-state index in [4.69, 9.17) is 14.2 Å². The van der Waals surface area contributed by atoms with E-state index in [0.717, 1.165) is 69.8 Å². The lowest BCUT2D eigenvalue weighted by molar-refractivity contribution is -0.0121. The van der Waals surface area contributed by atoms with Crippen LogP contribution in [0.3, 0.4) is 0 Å². The number of benzene rings is 1. The van der Waals surface area contributed by atoms with Gasteiger partial charge < -0.3 is 24.4 Å². The largest absolute Gasteiger partial charge is 0.493 e. The highest BCUT2D eigenvalue weighted by molar-refractivity contribution is 7.99. The standard InChI is InChI=1S/C22H34N4O3S/c1-23-21(24-15-22(5-11-30-16-22)26-7-9-29-10-8-26)25-6-4-17-12-19(27-2)20(28-3)13-18(17)14-25/h12-13H,4-11,14-16H2,1-3H3,(H,23,24). The summed E-state index contributed by atoms with van der Waals surface area (Å²) in [5.74, 6) is 4.99. The second-order valence-electron chi connectivity index (χ2n) is 8.17. The number of guanidine groups is 1. The van der Waals surface area contributed by atoms with Crippen molar-refractivity contribution in [3.05, 3.63) is 23.3 Å². The predicted molar refractivity (Wildman–Crippen MR) is 122 cm³/mol. The number of morpholine rings is 1. The maximum Gasteiger partial charge on any atom is 0.194 e. The minimum atomic E-state index is 0.203. The van der Waals surface area contributed by atoms with Gasteiger partial charge in [-0.05, 0) is 41.9 Å². The van der Waals surface area contributed by atoms with Crippen molar-refractivity contribution >= 4 is 17.7 Å². The number of nitrogens with zero attached hydrogens (tertiary/aromatic N) is 3. The summed E-state index contributed by atoms with van der Waals surface area (Å²) in [6.07, 6.45) is 2.20. The molecule has 0 amide bonds. The molecule has 1 unspecified atom stereocenters. The molecule has 8 heteroatoms. The van der Waals surface area contributed by atoms with Crippen molar-refractivity contribution in [3.8, 4) is 11.5 Å². The monoisotopic (exact) mass is 434 g/mol. The van der Waals surface area contributed by atoms with Crippen molar-refractivity contribution in [2.75, 3.05) is 72.2 Å². The van der Waals surface area contributed by atoms with E-state index in [-0.39, 0.29) is 5.54 Å². The molecule has 1 aromatic carbocycles. The van der Waals surface area contributed by atoms with E-state index < -0.39 is 0 Å². The first kappa shape index (κ1) is 21.6. The van der Waals surface area contributed by atoms with Crippen molar-refractivity contribution in [3.63, 3.8) is 0 Å². The van der Waals surface area contributed by atoms with Crippen molar-refractivity contribution in [1.82, 2.24) is 15.1 Å². The highest BCUT2D eigenvalue weighted by Crippen LogP contribution is 2.35. The van der Waals surface area contributed by atoms with Gasteiger partial charge in [0, 0.05) is 51.1 Å². The van der Waals surface area contributed by atoms with Crippen LogP contribution in [-0.4, -0.2) is 93.5 Å². The van der Waals surface area contributed by atoms with Gasteiger partial charge in [-0.15, -0.1) is 0 Å². The molecule has 1 N–H and O–H groups in total. The lowest BCUT2D eigenvalue weighted by atomic mass is 9.95. The Morgan fingerprint density at radius 2 is 1.90 bits per heavy atom. The van der Waals surface area contributed by atoms with Gasteiger partial charge in [-0.1, -0.05) is 0 Å². The van der Waals surface area contributed by atoms with Gasteiger partial charge in [0.1, 0.15) is 0 Å². The Morgan fingerprint density at radius 3 is 2.53 bits per heavy atom. The van der Waals surface area contributed by atoms with Crippen LogP contribution in [0.4, 0.5) is 0 Å². The number of thioether (sulfide) groups is 1. The minimum Gasteiger partial charge on any atom is -0.493 e. The molecular weight excluding hydrogens is 400 g/mol. The number of rotatable bonds is 5. The second kappa shape index (κ2) is 9.66. The number of hydrogen-bond donors (Lipinski definition) is 1. The van der Waals surface area contributed by atoms with E-state index >= 15 is 0 Å². The van der Waals surface area contributed by atoms with Crippen LogP contribution in [0.5, 0.6) is 11.5 Å². The van der Waals surface area contributed by atoms with E-state index in [1.54, 1.807) is 14.2 Å². The zero-order valence-electron chi connectivity index (χ0n) is 18.4. The number of hydrogen-bond acceptors (Lipinski definition) is 6. The smallest absolute Gasteiger partial charge is 0.194 e. The van der Waals surface area contributed by atoms with Crippen LogP contribution < -0.4 is 14.8 Å². The van der Waals surface area contributed by atoms with Crippen molar-refractivity contribution < 1.29 is 14.2 Å². The Bertz CT molecular complexity index is 761. The number of ether oxygens (including phenoxy) is 3. The third-order valence-electron chi connectivity index (χ3n) is 6.57. The molecule has 30 heavy (non-hydrogen) atoms. The lowest BCUT2D eigenvalue weighted by Gasteiger charge is -2.44. The quantitative estimate of drug-likeness (QED) is 0.561. The van der Waals surface area contributed by atoms with Gasteiger partial charge in [0.15, 0.2) is 17.5 Å². The van der Waals surface area contributed by atoms with Crippen LogP contribution >= 0.6 is 11.8 Å². The highest BCUT2D eigenvalue weighted by atomic mass is 32.2. The molecule has 166 valence electrons. The van der Waals surface area contributed by atoms with Gasteiger partial charge >= 0.3 is 0 Å². The summed E-state index contributed by atoms with van der Waals surface area (Å²) in [5, 5.41) is 3.73. The first-order valence-electron chi connectivity index (χ1n) is 10.8. The Labute approximate surface area is 184 Å². The van der Waals surface area contributed by atoms with Crippen LogP contribution in [0, 0.1) is 0 Å². The van der Waals surface area contributed by atoms with Crippen LogP contribution in [-0.2, 0) is 17.7 Å². The molecule has 3 aliphatic rings. The average Bonchev–Trinajstić information content (AvgIpc) is 3.29. The third-order valence-corrected chi connectivity index (χ3v) is 7.80. The number of fused-ring (bicyclic) bond motifs is 1. The number of methoxy groups -OCH3 is 2. The third kappa shape index (κ3) is 4.36. The average molecular weight is 435 g/mol. The highest BCUT2D eigenvalue weighted by Gasteiger charge is 2.41. The Morgan fingerprint density at radius 1 is 1.17 bits per heavy atom. The molecule has 4 rings (SSSR count). The Kier molecular flexibility index (Phi) is 6.95. The van der Waals surface area contributed by atoms with Gasteiger partial charge in [0.2, 0.25) is 0 Å². The van der Waals surface area contributed by atoms with Crippen LogP contribution in [0.1, 0.15) is 17.5 Å². The van der Waals surface area contributed by atoms with Gasteiger partial charge in [0.25, 0.3) is 0 Å². The molecule has 0 aliphatic carbocycles. The Balaban J connectivity index is 1.44. The van der Waals surface area contributed by atoms with Gasteiger partial charge in [0.05, 0.1) is 27.4 Å². The fraction of sp³-hybridized carbons (Fsp3) is 0.682. The van der Waals surface area contributed by atoms with Gasteiger partial charge in [-0.3, -0.25) is 9.89 Å². The summed E-state index contributed by atoms with van der Waals surface area (Å²) in [6.45, 7) is 6.45. The normalized spacial score (nSPS) is 25.2. The predicted octanol–water partition coefficient (Wildman–Crippen LogP) is 1.85. The van der Waals surface area contributed by atoms with Crippen molar-refractivity contribution in [1.29, 1.82) is 0 Å². The molecule has 0 spiro atoms. The van der Waals surface area contributed by atoms with E-state index in [2.05, 4.69) is 44.0 Å². The molecule has 2 saturated heterocycles. The van der Waals surface area contributed by atoms with Crippen molar-refractivity contribution in [2.24, 2.45) is 4.99 Å². The van der Waals surface area contributed by atoms with E-state index in [1.165, 1.54) is 29.1 Å². The minimum absolute atomic E-state index is 0.203. The summed E-state index contributed by atoms with van der Waals surface area (Å²) in [5.41, 5.74) is 2.81.